The molecule has 140 valence electrons. The smallest absolute Gasteiger partial charge is 0.338 e. The van der Waals surface area contributed by atoms with Gasteiger partial charge in [-0.3, -0.25) is 9.59 Å². The monoisotopic (exact) mass is 364 g/mol. The normalized spacial score (nSPS) is 27.5. The minimum Gasteiger partial charge on any atom is -0.459 e. The molecule has 1 aliphatic rings. The van der Waals surface area contributed by atoms with Crippen molar-refractivity contribution in [2.75, 3.05) is 6.61 Å². The van der Waals surface area contributed by atoms with Crippen molar-refractivity contribution in [2.24, 2.45) is 0 Å². The maximum atomic E-state index is 12.1. The summed E-state index contributed by atoms with van der Waals surface area (Å²) in [5, 5.41) is 21.1. The number of hydrogen-bond donors (Lipinski definition) is 2. The van der Waals surface area contributed by atoms with Gasteiger partial charge in [0.2, 0.25) is 0 Å². The fourth-order valence-electron chi connectivity index (χ4n) is 2.58. The van der Waals surface area contributed by atoms with Crippen LogP contribution in [0.1, 0.15) is 24.2 Å². The summed E-state index contributed by atoms with van der Waals surface area (Å²) in [6.07, 6.45) is -1.62. The molecule has 0 unspecified atom stereocenters. The van der Waals surface area contributed by atoms with E-state index < -0.39 is 48.4 Å². The van der Waals surface area contributed by atoms with Crippen LogP contribution in [0.15, 0.2) is 42.5 Å². The Morgan fingerprint density at radius 3 is 2.23 bits per heavy atom. The van der Waals surface area contributed by atoms with E-state index in [1.165, 1.54) is 24.3 Å². The molecule has 0 saturated heterocycles. The van der Waals surface area contributed by atoms with E-state index in [1.54, 1.807) is 18.2 Å². The van der Waals surface area contributed by atoms with E-state index >= 15 is 0 Å². The second kappa shape index (κ2) is 8.11. The molecule has 0 radical (unpaired) electrons. The van der Waals surface area contributed by atoms with Crippen LogP contribution in [-0.4, -0.2) is 58.6 Å². The molecule has 0 aliphatic heterocycles. The van der Waals surface area contributed by atoms with Crippen LogP contribution in [0.25, 0.3) is 0 Å². The molecule has 0 saturated carbocycles. The molecule has 2 rings (SSSR count). The maximum absolute atomic E-state index is 12.1. The van der Waals surface area contributed by atoms with Crippen LogP contribution in [0.5, 0.6) is 0 Å². The van der Waals surface area contributed by atoms with Crippen molar-refractivity contribution in [3.63, 3.8) is 0 Å². The Balaban J connectivity index is 2.22. The summed E-state index contributed by atoms with van der Waals surface area (Å²) < 4.78 is 15.2. The summed E-state index contributed by atoms with van der Waals surface area (Å²) in [4.78, 5) is 34.8. The van der Waals surface area contributed by atoms with E-state index in [4.69, 9.17) is 14.2 Å². The highest BCUT2D eigenvalue weighted by Gasteiger charge is 2.53. The molecule has 0 bridgehead atoms. The molecule has 0 aromatic heterocycles. The highest BCUT2D eigenvalue weighted by atomic mass is 16.6. The average Bonchev–Trinajstić information content (AvgIpc) is 2.60. The molecule has 1 aromatic rings. The van der Waals surface area contributed by atoms with Crippen molar-refractivity contribution in [3.05, 3.63) is 48.0 Å². The Morgan fingerprint density at radius 1 is 1.04 bits per heavy atom. The number of hydrogen-bond acceptors (Lipinski definition) is 8. The van der Waals surface area contributed by atoms with Gasteiger partial charge in [0, 0.05) is 13.8 Å². The lowest BCUT2D eigenvalue weighted by Crippen LogP contribution is -2.63. The average molecular weight is 364 g/mol. The second-order valence-electron chi connectivity index (χ2n) is 5.87. The third kappa shape index (κ3) is 4.47. The summed E-state index contributed by atoms with van der Waals surface area (Å²) in [6, 6.07) is 8.05. The lowest BCUT2D eigenvalue weighted by atomic mass is 9.82. The van der Waals surface area contributed by atoms with Crippen LogP contribution in [-0.2, 0) is 23.8 Å². The van der Waals surface area contributed by atoms with Crippen molar-refractivity contribution in [3.8, 4) is 0 Å². The molecule has 8 nitrogen and oxygen atoms in total. The number of carbonyl (C=O) groups is 3. The molecular formula is C18H20O8. The van der Waals surface area contributed by atoms with Gasteiger partial charge in [-0.25, -0.2) is 4.79 Å². The first-order chi connectivity index (χ1) is 12.2. The first-order valence-electron chi connectivity index (χ1n) is 7.89. The second-order valence-corrected chi connectivity index (χ2v) is 5.87. The molecule has 1 aromatic carbocycles. The van der Waals surface area contributed by atoms with Crippen LogP contribution in [0.3, 0.4) is 0 Å². The molecule has 26 heavy (non-hydrogen) atoms. The van der Waals surface area contributed by atoms with Gasteiger partial charge in [-0.2, -0.15) is 0 Å². The number of ether oxygens (including phenoxy) is 3. The molecule has 2 N–H and O–H groups in total. The fourth-order valence-corrected chi connectivity index (χ4v) is 2.58. The Labute approximate surface area is 150 Å². The summed E-state index contributed by atoms with van der Waals surface area (Å²) in [6.45, 7) is 1.58. The third-order valence-electron chi connectivity index (χ3n) is 3.83. The van der Waals surface area contributed by atoms with Gasteiger partial charge in [0.05, 0.1) is 5.56 Å². The number of rotatable bonds is 5. The van der Waals surface area contributed by atoms with E-state index in [2.05, 4.69) is 0 Å². The Bertz CT molecular complexity index is 698. The van der Waals surface area contributed by atoms with Gasteiger partial charge in [-0.1, -0.05) is 24.3 Å². The largest absolute Gasteiger partial charge is 0.459 e. The van der Waals surface area contributed by atoms with Gasteiger partial charge in [0.25, 0.3) is 0 Å². The van der Waals surface area contributed by atoms with Crippen LogP contribution in [0, 0.1) is 0 Å². The van der Waals surface area contributed by atoms with E-state index in [-0.39, 0.29) is 5.56 Å². The predicted molar refractivity (Wildman–Crippen MR) is 87.9 cm³/mol. The summed E-state index contributed by atoms with van der Waals surface area (Å²) in [5.41, 5.74) is -1.94. The molecule has 1 aliphatic carbocycles. The maximum Gasteiger partial charge on any atom is 0.338 e. The molecular weight excluding hydrogens is 344 g/mol. The first-order valence-corrected chi connectivity index (χ1v) is 7.89. The van der Waals surface area contributed by atoms with Gasteiger partial charge < -0.3 is 24.4 Å². The molecule has 0 amide bonds. The van der Waals surface area contributed by atoms with E-state index in [0.717, 1.165) is 13.8 Å². The molecule has 0 heterocycles. The highest BCUT2D eigenvalue weighted by Crippen LogP contribution is 2.30. The number of benzene rings is 1. The SMILES string of the molecule is CC(=O)O[C@@H]1[C@H](OC(C)=O)C=C[C@H](O)[C@@]1(O)COC(=O)c1ccccc1. The number of aliphatic hydroxyl groups excluding tert-OH is 1. The molecule has 8 heteroatoms. The number of aliphatic hydroxyl groups is 2. The Hall–Kier alpha value is -2.71. The summed E-state index contributed by atoms with van der Waals surface area (Å²) >= 11 is 0. The molecule has 0 spiro atoms. The minimum absolute atomic E-state index is 0.248. The first kappa shape index (κ1) is 19.6. The number of carbonyl (C=O) groups excluding carboxylic acids is 3. The summed E-state index contributed by atoms with van der Waals surface area (Å²) in [5.74, 6) is -2.16. The van der Waals surface area contributed by atoms with Crippen LogP contribution < -0.4 is 0 Å². The van der Waals surface area contributed by atoms with Gasteiger partial charge in [-0.15, -0.1) is 0 Å². The molecule has 0 fully saturated rings. The van der Waals surface area contributed by atoms with Crippen LogP contribution >= 0.6 is 0 Å². The van der Waals surface area contributed by atoms with E-state index in [9.17, 15) is 24.6 Å². The lowest BCUT2D eigenvalue weighted by Gasteiger charge is -2.42. The zero-order valence-corrected chi connectivity index (χ0v) is 14.3. The zero-order valence-electron chi connectivity index (χ0n) is 14.3. The zero-order chi connectivity index (χ0) is 19.3. The summed E-state index contributed by atoms with van der Waals surface area (Å²) in [7, 11) is 0. The number of esters is 3. The fraction of sp³-hybridized carbons (Fsp3) is 0.389. The topological polar surface area (TPSA) is 119 Å². The van der Waals surface area contributed by atoms with Crippen molar-refractivity contribution in [1.82, 2.24) is 0 Å². The van der Waals surface area contributed by atoms with Gasteiger partial charge in [-0.05, 0) is 18.2 Å². The Morgan fingerprint density at radius 2 is 1.65 bits per heavy atom. The van der Waals surface area contributed by atoms with Crippen LogP contribution in [0.4, 0.5) is 0 Å². The van der Waals surface area contributed by atoms with Crippen molar-refractivity contribution in [1.29, 1.82) is 0 Å². The van der Waals surface area contributed by atoms with Crippen molar-refractivity contribution < 1.29 is 38.8 Å². The third-order valence-corrected chi connectivity index (χ3v) is 3.83. The van der Waals surface area contributed by atoms with Crippen LogP contribution in [0.2, 0.25) is 0 Å². The lowest BCUT2D eigenvalue weighted by molar-refractivity contribution is -0.211. The van der Waals surface area contributed by atoms with Gasteiger partial charge >= 0.3 is 17.9 Å². The van der Waals surface area contributed by atoms with Crippen molar-refractivity contribution in [2.45, 2.75) is 37.8 Å². The van der Waals surface area contributed by atoms with E-state index in [1.807, 2.05) is 0 Å². The van der Waals surface area contributed by atoms with Gasteiger partial charge in [0.15, 0.2) is 17.8 Å². The standard InChI is InChI=1S/C18H20O8/c1-11(19)25-14-8-9-15(21)18(23,16(14)26-12(2)20)10-24-17(22)13-6-4-3-5-7-13/h3-9,14-16,21,23H,10H2,1-2H3/t14-,15+,16-,18+/m1/s1. The quantitative estimate of drug-likeness (QED) is 0.437. The molecule has 4 atom stereocenters. The minimum atomic E-state index is -2.19. The predicted octanol–water partition coefficient (Wildman–Crippen LogP) is 0.369. The Kier molecular flexibility index (Phi) is 6.12. The highest BCUT2D eigenvalue weighted by molar-refractivity contribution is 5.89. The van der Waals surface area contributed by atoms with Gasteiger partial charge in [0.1, 0.15) is 12.7 Å². The van der Waals surface area contributed by atoms with Crippen molar-refractivity contribution >= 4 is 17.9 Å². The van der Waals surface area contributed by atoms with E-state index in [0.29, 0.717) is 0 Å².